The van der Waals surface area contributed by atoms with Crippen LogP contribution in [-0.2, 0) is 4.79 Å². The van der Waals surface area contributed by atoms with E-state index in [0.29, 0.717) is 6.04 Å². The number of nitrogens with zero attached hydrogens (tertiary/aromatic N) is 2. The first kappa shape index (κ1) is 9.97. The van der Waals surface area contributed by atoms with Crippen molar-refractivity contribution in [1.82, 2.24) is 4.90 Å². The molecule has 0 aromatic carbocycles. The van der Waals surface area contributed by atoms with Crippen LogP contribution in [0.25, 0.3) is 0 Å². The summed E-state index contributed by atoms with van der Waals surface area (Å²) in [5.41, 5.74) is 0. The van der Waals surface area contributed by atoms with Crippen LogP contribution in [0, 0.1) is 0 Å². The SMILES string of the molecule is CC(=O)N1CC[N+]2(C)CCCCC2C1. The quantitative estimate of drug-likeness (QED) is 0.527. The van der Waals surface area contributed by atoms with E-state index in [0.717, 1.165) is 19.6 Å². The van der Waals surface area contributed by atoms with Gasteiger partial charge in [0.1, 0.15) is 6.04 Å². The monoisotopic (exact) mass is 197 g/mol. The van der Waals surface area contributed by atoms with Gasteiger partial charge in [0.15, 0.2) is 0 Å². The molecule has 0 aliphatic carbocycles. The fourth-order valence-corrected chi connectivity index (χ4v) is 2.91. The van der Waals surface area contributed by atoms with Crippen molar-refractivity contribution in [2.24, 2.45) is 0 Å². The highest BCUT2D eigenvalue weighted by Gasteiger charge is 2.40. The second-order valence-corrected chi connectivity index (χ2v) is 5.04. The molecule has 80 valence electrons. The van der Waals surface area contributed by atoms with E-state index in [-0.39, 0.29) is 5.91 Å². The molecule has 2 unspecified atom stereocenters. The molecule has 2 heterocycles. The topological polar surface area (TPSA) is 20.3 Å². The van der Waals surface area contributed by atoms with Gasteiger partial charge in [0.25, 0.3) is 0 Å². The van der Waals surface area contributed by atoms with Crippen LogP contribution in [0.3, 0.4) is 0 Å². The van der Waals surface area contributed by atoms with E-state index < -0.39 is 0 Å². The van der Waals surface area contributed by atoms with Gasteiger partial charge in [-0.1, -0.05) is 0 Å². The maximum atomic E-state index is 11.3. The molecule has 0 radical (unpaired) electrons. The Morgan fingerprint density at radius 3 is 2.86 bits per heavy atom. The number of likely N-dealkylation sites (N-methyl/N-ethyl adjacent to an activating group) is 1. The smallest absolute Gasteiger partial charge is 0.219 e. The summed E-state index contributed by atoms with van der Waals surface area (Å²) >= 11 is 0. The van der Waals surface area contributed by atoms with Crippen LogP contribution in [0.4, 0.5) is 0 Å². The van der Waals surface area contributed by atoms with Crippen LogP contribution in [0.2, 0.25) is 0 Å². The minimum atomic E-state index is 0.252. The van der Waals surface area contributed by atoms with Crippen molar-refractivity contribution in [3.05, 3.63) is 0 Å². The Hall–Kier alpha value is -0.570. The maximum Gasteiger partial charge on any atom is 0.219 e. The molecule has 2 aliphatic heterocycles. The maximum absolute atomic E-state index is 11.3. The Labute approximate surface area is 86.3 Å². The van der Waals surface area contributed by atoms with Crippen molar-refractivity contribution < 1.29 is 9.28 Å². The molecular weight excluding hydrogens is 176 g/mol. The van der Waals surface area contributed by atoms with Crippen molar-refractivity contribution in [3.63, 3.8) is 0 Å². The molecule has 3 heteroatoms. The summed E-state index contributed by atoms with van der Waals surface area (Å²) in [6.45, 7) is 6.12. The number of carbonyl (C=O) groups is 1. The van der Waals surface area contributed by atoms with Crippen molar-refractivity contribution in [2.75, 3.05) is 33.2 Å². The van der Waals surface area contributed by atoms with Crippen LogP contribution in [0.1, 0.15) is 26.2 Å². The highest BCUT2D eigenvalue weighted by molar-refractivity contribution is 5.73. The average Bonchev–Trinajstić information content (AvgIpc) is 2.16. The van der Waals surface area contributed by atoms with E-state index in [1.54, 1.807) is 6.92 Å². The average molecular weight is 197 g/mol. The second kappa shape index (κ2) is 3.54. The summed E-state index contributed by atoms with van der Waals surface area (Å²) < 4.78 is 1.21. The van der Waals surface area contributed by atoms with Gasteiger partial charge < -0.3 is 9.38 Å². The normalized spacial score (nSPS) is 37.9. The molecule has 0 aromatic heterocycles. The Kier molecular flexibility index (Phi) is 2.52. The third-order valence-corrected chi connectivity index (χ3v) is 4.10. The molecule has 2 atom stereocenters. The number of quaternary nitrogens is 1. The highest BCUT2D eigenvalue weighted by Crippen LogP contribution is 2.27. The first-order valence-electron chi connectivity index (χ1n) is 5.71. The molecule has 0 N–H and O–H groups in total. The van der Waals surface area contributed by atoms with Gasteiger partial charge in [-0.15, -0.1) is 0 Å². The largest absolute Gasteiger partial charge is 0.331 e. The fraction of sp³-hybridized carbons (Fsp3) is 0.909. The minimum Gasteiger partial charge on any atom is -0.331 e. The van der Waals surface area contributed by atoms with E-state index in [9.17, 15) is 4.79 Å². The molecule has 0 saturated carbocycles. The Morgan fingerprint density at radius 2 is 2.14 bits per heavy atom. The third-order valence-electron chi connectivity index (χ3n) is 4.10. The van der Waals surface area contributed by atoms with Gasteiger partial charge in [0, 0.05) is 13.3 Å². The van der Waals surface area contributed by atoms with Gasteiger partial charge in [-0.05, 0) is 12.8 Å². The lowest BCUT2D eigenvalue weighted by molar-refractivity contribution is -0.942. The van der Waals surface area contributed by atoms with Crippen molar-refractivity contribution in [3.8, 4) is 0 Å². The van der Waals surface area contributed by atoms with Gasteiger partial charge in [0.05, 0.1) is 33.2 Å². The van der Waals surface area contributed by atoms with Crippen LogP contribution in [0.5, 0.6) is 0 Å². The predicted octanol–water partition coefficient (Wildman–Crippen LogP) is 0.848. The number of piperidine rings is 1. The summed E-state index contributed by atoms with van der Waals surface area (Å²) in [7, 11) is 2.36. The number of hydrogen-bond donors (Lipinski definition) is 0. The first-order valence-corrected chi connectivity index (χ1v) is 5.71. The Balaban J connectivity index is 2.05. The third kappa shape index (κ3) is 1.65. The minimum absolute atomic E-state index is 0.252. The van der Waals surface area contributed by atoms with Gasteiger partial charge in [-0.2, -0.15) is 0 Å². The molecule has 0 bridgehead atoms. The summed E-state index contributed by atoms with van der Waals surface area (Å²) in [6.07, 6.45) is 4.03. The van der Waals surface area contributed by atoms with Gasteiger partial charge in [-0.3, -0.25) is 4.79 Å². The molecule has 14 heavy (non-hydrogen) atoms. The number of fused-ring (bicyclic) bond motifs is 1. The molecule has 1 amide bonds. The number of piperazine rings is 1. The zero-order valence-corrected chi connectivity index (χ0v) is 9.33. The molecular formula is C11H21N2O+. The Morgan fingerprint density at radius 1 is 1.36 bits per heavy atom. The van der Waals surface area contributed by atoms with E-state index in [1.807, 2.05) is 4.90 Å². The molecule has 3 nitrogen and oxygen atoms in total. The zero-order valence-electron chi connectivity index (χ0n) is 9.33. The number of carbonyl (C=O) groups excluding carboxylic acids is 1. The summed E-state index contributed by atoms with van der Waals surface area (Å²) in [5, 5.41) is 0. The van der Waals surface area contributed by atoms with Crippen molar-refractivity contribution in [1.29, 1.82) is 0 Å². The van der Waals surface area contributed by atoms with Crippen LogP contribution >= 0.6 is 0 Å². The van der Waals surface area contributed by atoms with E-state index in [4.69, 9.17) is 0 Å². The standard InChI is InChI=1S/C11H21N2O/c1-10(14)12-6-8-13(2)7-4-3-5-11(13)9-12/h11H,3-9H2,1-2H3/q+1. The molecule has 2 saturated heterocycles. The number of amides is 1. The predicted molar refractivity (Wildman–Crippen MR) is 55.8 cm³/mol. The van der Waals surface area contributed by atoms with E-state index in [2.05, 4.69) is 7.05 Å². The van der Waals surface area contributed by atoms with Crippen LogP contribution < -0.4 is 0 Å². The van der Waals surface area contributed by atoms with Crippen LogP contribution in [0.15, 0.2) is 0 Å². The van der Waals surface area contributed by atoms with Gasteiger partial charge in [-0.25, -0.2) is 0 Å². The lowest BCUT2D eigenvalue weighted by Gasteiger charge is -2.50. The van der Waals surface area contributed by atoms with Crippen LogP contribution in [-0.4, -0.2) is 54.6 Å². The second-order valence-electron chi connectivity index (χ2n) is 5.04. The number of rotatable bonds is 0. The summed E-state index contributed by atoms with van der Waals surface area (Å²) in [6, 6.07) is 0.710. The lowest BCUT2D eigenvalue weighted by atomic mass is 9.96. The molecule has 2 aliphatic rings. The summed E-state index contributed by atoms with van der Waals surface area (Å²) in [4.78, 5) is 13.3. The van der Waals surface area contributed by atoms with E-state index in [1.165, 1.54) is 30.3 Å². The fourth-order valence-electron chi connectivity index (χ4n) is 2.91. The Bertz CT molecular complexity index is 241. The number of hydrogen-bond acceptors (Lipinski definition) is 1. The summed E-state index contributed by atoms with van der Waals surface area (Å²) in [5.74, 6) is 0.252. The molecule has 2 fully saturated rings. The zero-order chi connectivity index (χ0) is 10.2. The van der Waals surface area contributed by atoms with Gasteiger partial charge in [0.2, 0.25) is 5.91 Å². The lowest BCUT2D eigenvalue weighted by Crippen LogP contribution is -2.65. The van der Waals surface area contributed by atoms with E-state index >= 15 is 0 Å². The van der Waals surface area contributed by atoms with Crippen molar-refractivity contribution >= 4 is 5.91 Å². The molecule has 0 spiro atoms. The molecule has 0 aromatic rings. The highest BCUT2D eigenvalue weighted by atomic mass is 16.2. The molecule has 2 rings (SSSR count). The van der Waals surface area contributed by atoms with Crippen molar-refractivity contribution in [2.45, 2.75) is 32.2 Å². The van der Waals surface area contributed by atoms with Gasteiger partial charge >= 0.3 is 0 Å². The first-order chi connectivity index (χ1) is 6.62.